The van der Waals surface area contributed by atoms with Crippen molar-refractivity contribution in [2.24, 2.45) is 5.73 Å². The van der Waals surface area contributed by atoms with Gasteiger partial charge in [0.05, 0.1) is 5.69 Å². The summed E-state index contributed by atoms with van der Waals surface area (Å²) in [4.78, 5) is 4.65. The van der Waals surface area contributed by atoms with Gasteiger partial charge < -0.3 is 5.73 Å². The Hall–Kier alpha value is -1.26. The van der Waals surface area contributed by atoms with Gasteiger partial charge in [0.15, 0.2) is 0 Å². The van der Waals surface area contributed by atoms with Crippen LogP contribution in [0.4, 0.5) is 4.39 Å². The van der Waals surface area contributed by atoms with Crippen LogP contribution in [0.1, 0.15) is 41.4 Å². The number of aryl methyl sites for hydroxylation is 1. The molecule has 1 aliphatic rings. The largest absolute Gasteiger partial charge is 0.323 e. The van der Waals surface area contributed by atoms with E-state index < -0.39 is 0 Å². The van der Waals surface area contributed by atoms with E-state index in [2.05, 4.69) is 27.0 Å². The molecule has 1 atom stereocenters. The van der Waals surface area contributed by atoms with E-state index in [9.17, 15) is 4.39 Å². The van der Waals surface area contributed by atoms with Crippen molar-refractivity contribution in [2.75, 3.05) is 0 Å². The molecule has 1 aromatic carbocycles. The molecule has 1 aromatic heterocycles. The third kappa shape index (κ3) is 2.76. The van der Waals surface area contributed by atoms with E-state index >= 15 is 0 Å². The maximum absolute atomic E-state index is 13.9. The minimum atomic E-state index is -0.205. The van der Waals surface area contributed by atoms with E-state index in [-0.39, 0.29) is 11.9 Å². The van der Waals surface area contributed by atoms with Gasteiger partial charge in [-0.2, -0.15) is 0 Å². The van der Waals surface area contributed by atoms with Crippen molar-refractivity contribution in [3.05, 3.63) is 63.1 Å². The number of nitrogens with zero attached hydrogens (tertiary/aromatic N) is 1. The third-order valence-electron chi connectivity index (χ3n) is 3.77. The average molecular weight is 335 g/mol. The summed E-state index contributed by atoms with van der Waals surface area (Å²) in [6, 6.07) is 9.22. The Balaban J connectivity index is 1.89. The first-order chi connectivity index (χ1) is 9.63. The van der Waals surface area contributed by atoms with Crippen LogP contribution in [-0.2, 0) is 12.8 Å². The van der Waals surface area contributed by atoms with Gasteiger partial charge in [-0.25, -0.2) is 4.39 Å². The van der Waals surface area contributed by atoms with Crippen molar-refractivity contribution in [3.8, 4) is 0 Å². The molecule has 0 radical (unpaired) electrons. The van der Waals surface area contributed by atoms with Crippen molar-refractivity contribution < 1.29 is 4.39 Å². The molecule has 1 heterocycles. The predicted octanol–water partition coefficient (Wildman–Crippen LogP) is 3.91. The summed E-state index contributed by atoms with van der Waals surface area (Å²) in [6.07, 6.45) is 3.65. The number of aromatic nitrogens is 1. The van der Waals surface area contributed by atoms with Gasteiger partial charge in [0.1, 0.15) is 5.82 Å². The number of hydrogen-bond donors (Lipinski definition) is 1. The van der Waals surface area contributed by atoms with Crippen LogP contribution in [0.25, 0.3) is 0 Å². The fraction of sp³-hybridized carbons (Fsp3) is 0.312. The van der Waals surface area contributed by atoms with E-state index in [0.29, 0.717) is 12.0 Å². The average Bonchev–Trinajstić information content (AvgIpc) is 2.43. The van der Waals surface area contributed by atoms with Crippen LogP contribution in [0.2, 0.25) is 0 Å². The van der Waals surface area contributed by atoms with Crippen molar-refractivity contribution in [3.63, 3.8) is 0 Å². The first-order valence-corrected chi connectivity index (χ1v) is 7.61. The standard InChI is InChI=1S/C16H16BrFN2/c17-12-6-4-11(14(18)9-12)8-13-7-5-10-2-1-3-15(19)16(10)20-13/h4-7,9,15H,1-3,8,19H2. The molecule has 20 heavy (non-hydrogen) atoms. The molecule has 0 spiro atoms. The van der Waals surface area contributed by atoms with Crippen LogP contribution in [-0.4, -0.2) is 4.98 Å². The molecule has 1 aliphatic carbocycles. The minimum absolute atomic E-state index is 0.0217. The Morgan fingerprint density at radius 2 is 2.15 bits per heavy atom. The van der Waals surface area contributed by atoms with Gasteiger partial charge in [0.2, 0.25) is 0 Å². The Morgan fingerprint density at radius 3 is 2.95 bits per heavy atom. The highest BCUT2D eigenvalue weighted by atomic mass is 79.9. The summed E-state index contributed by atoms with van der Waals surface area (Å²) >= 11 is 3.27. The molecule has 2 nitrogen and oxygen atoms in total. The zero-order chi connectivity index (χ0) is 14.1. The first-order valence-electron chi connectivity index (χ1n) is 6.81. The highest BCUT2D eigenvalue weighted by Gasteiger charge is 2.18. The number of hydrogen-bond acceptors (Lipinski definition) is 2. The second-order valence-corrected chi connectivity index (χ2v) is 6.17. The number of fused-ring (bicyclic) bond motifs is 1. The lowest BCUT2D eigenvalue weighted by molar-refractivity contribution is 0.551. The monoisotopic (exact) mass is 334 g/mol. The summed E-state index contributed by atoms with van der Waals surface area (Å²) < 4.78 is 14.6. The van der Waals surface area contributed by atoms with Gasteiger partial charge >= 0.3 is 0 Å². The molecule has 2 N–H and O–H groups in total. The molecule has 104 valence electrons. The second kappa shape index (κ2) is 5.62. The summed E-state index contributed by atoms with van der Waals surface area (Å²) in [5, 5.41) is 0. The Kier molecular flexibility index (Phi) is 3.85. The second-order valence-electron chi connectivity index (χ2n) is 5.26. The quantitative estimate of drug-likeness (QED) is 0.904. The molecular formula is C16H16BrFN2. The van der Waals surface area contributed by atoms with E-state index in [1.807, 2.05) is 12.1 Å². The van der Waals surface area contributed by atoms with Gasteiger partial charge in [-0.3, -0.25) is 4.98 Å². The molecule has 4 heteroatoms. The van der Waals surface area contributed by atoms with E-state index in [1.165, 1.54) is 11.6 Å². The van der Waals surface area contributed by atoms with Gasteiger partial charge in [-0.15, -0.1) is 0 Å². The van der Waals surface area contributed by atoms with Crippen molar-refractivity contribution in [1.29, 1.82) is 0 Å². The molecule has 1 unspecified atom stereocenters. The SMILES string of the molecule is NC1CCCc2ccc(Cc3ccc(Br)cc3F)nc21. The van der Waals surface area contributed by atoms with Crippen LogP contribution in [0.5, 0.6) is 0 Å². The number of halogens is 2. The highest BCUT2D eigenvalue weighted by Crippen LogP contribution is 2.27. The smallest absolute Gasteiger partial charge is 0.127 e. The third-order valence-corrected chi connectivity index (χ3v) is 4.26. The summed E-state index contributed by atoms with van der Waals surface area (Å²) in [5.74, 6) is -0.205. The number of pyridine rings is 1. The lowest BCUT2D eigenvalue weighted by Gasteiger charge is -2.21. The summed E-state index contributed by atoms with van der Waals surface area (Å²) in [5.41, 5.74) is 9.88. The maximum atomic E-state index is 13.9. The number of rotatable bonds is 2. The van der Waals surface area contributed by atoms with Crippen LogP contribution in [0, 0.1) is 5.82 Å². The molecule has 0 aliphatic heterocycles. The van der Waals surface area contributed by atoms with Crippen LogP contribution >= 0.6 is 15.9 Å². The molecule has 0 fully saturated rings. The van der Waals surface area contributed by atoms with Crippen LogP contribution < -0.4 is 5.73 Å². The summed E-state index contributed by atoms with van der Waals surface area (Å²) in [7, 11) is 0. The zero-order valence-corrected chi connectivity index (χ0v) is 12.7. The predicted molar refractivity (Wildman–Crippen MR) is 81.0 cm³/mol. The molecule has 0 saturated carbocycles. The lowest BCUT2D eigenvalue weighted by atomic mass is 9.92. The zero-order valence-electron chi connectivity index (χ0n) is 11.1. The van der Waals surface area contributed by atoms with Gasteiger partial charge in [0.25, 0.3) is 0 Å². The Bertz CT molecular complexity index is 642. The maximum Gasteiger partial charge on any atom is 0.127 e. The number of nitrogens with two attached hydrogens (primary N) is 1. The lowest BCUT2D eigenvalue weighted by Crippen LogP contribution is -2.19. The molecular weight excluding hydrogens is 319 g/mol. The van der Waals surface area contributed by atoms with E-state index in [1.54, 1.807) is 6.07 Å². The van der Waals surface area contributed by atoms with Gasteiger partial charge in [-0.05, 0) is 48.6 Å². The minimum Gasteiger partial charge on any atom is -0.323 e. The van der Waals surface area contributed by atoms with E-state index in [0.717, 1.165) is 35.1 Å². The normalized spacial score (nSPS) is 17.9. The number of benzene rings is 1. The fourth-order valence-corrected chi connectivity index (χ4v) is 3.02. The van der Waals surface area contributed by atoms with Gasteiger partial charge in [0, 0.05) is 22.6 Å². The topological polar surface area (TPSA) is 38.9 Å². The van der Waals surface area contributed by atoms with Crippen molar-refractivity contribution in [2.45, 2.75) is 31.7 Å². The Morgan fingerprint density at radius 1 is 1.30 bits per heavy atom. The fourth-order valence-electron chi connectivity index (χ4n) is 2.69. The van der Waals surface area contributed by atoms with E-state index in [4.69, 9.17) is 5.73 Å². The molecule has 3 rings (SSSR count). The molecule has 2 aromatic rings. The summed E-state index contributed by atoms with van der Waals surface area (Å²) in [6.45, 7) is 0. The Labute approximate surface area is 126 Å². The first kappa shape index (κ1) is 13.7. The van der Waals surface area contributed by atoms with Crippen molar-refractivity contribution in [1.82, 2.24) is 4.98 Å². The highest BCUT2D eigenvalue weighted by molar-refractivity contribution is 9.10. The van der Waals surface area contributed by atoms with Crippen molar-refractivity contribution >= 4 is 15.9 Å². The molecule has 0 saturated heterocycles. The molecule has 0 bridgehead atoms. The van der Waals surface area contributed by atoms with Gasteiger partial charge in [-0.1, -0.05) is 28.1 Å². The molecule has 0 amide bonds. The van der Waals surface area contributed by atoms with Crippen LogP contribution in [0.3, 0.4) is 0 Å². The van der Waals surface area contributed by atoms with Crippen LogP contribution in [0.15, 0.2) is 34.8 Å².